The fourth-order valence-electron chi connectivity index (χ4n) is 0.907. The molecule has 0 saturated carbocycles. The number of carboxylic acids is 1. The van der Waals surface area contributed by atoms with E-state index in [1.54, 1.807) is 0 Å². The maximum atomic E-state index is 11.6. The molecule has 4 nitrogen and oxygen atoms in total. The third-order valence-corrected chi connectivity index (χ3v) is 4.68. The monoisotopic (exact) mass is 339 g/mol. The van der Waals surface area contributed by atoms with Gasteiger partial charge >= 0.3 is 5.97 Å². The summed E-state index contributed by atoms with van der Waals surface area (Å²) in [6.07, 6.45) is 0. The van der Waals surface area contributed by atoms with Gasteiger partial charge in [-0.05, 0) is 47.4 Å². The fraction of sp³-hybridized carbons (Fsp3) is 0.333. The molecule has 0 aromatic carbocycles. The summed E-state index contributed by atoms with van der Waals surface area (Å²) < 4.78 is 0.882. The number of halogens is 1. The van der Waals surface area contributed by atoms with E-state index in [0.29, 0.717) is 4.88 Å². The Hall–Kier alpha value is -0.630. The van der Waals surface area contributed by atoms with Gasteiger partial charge in [-0.15, -0.1) is 11.3 Å². The van der Waals surface area contributed by atoms with Gasteiger partial charge in [0.25, 0.3) is 5.91 Å². The van der Waals surface area contributed by atoms with Crippen molar-refractivity contribution in [3.63, 3.8) is 0 Å². The molecule has 0 unspecified atom stereocenters. The molecule has 0 bridgehead atoms. The van der Waals surface area contributed by atoms with Crippen molar-refractivity contribution in [3.8, 4) is 0 Å². The zero-order valence-electron chi connectivity index (χ0n) is 8.20. The molecule has 1 atom stereocenters. The topological polar surface area (TPSA) is 66.4 Å². The largest absolute Gasteiger partial charge is 0.480 e. The van der Waals surface area contributed by atoms with E-state index in [1.165, 1.54) is 18.3 Å². The van der Waals surface area contributed by atoms with Crippen LogP contribution in [-0.2, 0) is 4.79 Å². The molecule has 6 heteroatoms. The molecular weight excluding hydrogens is 329 g/mol. The third kappa shape index (κ3) is 2.91. The van der Waals surface area contributed by atoms with Gasteiger partial charge in [0, 0.05) is 3.57 Å². The summed E-state index contributed by atoms with van der Waals surface area (Å²) in [4.78, 5) is 22.7. The lowest BCUT2D eigenvalue weighted by Gasteiger charge is -2.08. The predicted octanol–water partition coefficient (Wildman–Crippen LogP) is 1.86. The van der Waals surface area contributed by atoms with Gasteiger partial charge in [-0.2, -0.15) is 0 Å². The molecule has 82 valence electrons. The number of aliphatic carboxylic acids is 1. The van der Waals surface area contributed by atoms with E-state index in [0.717, 1.165) is 9.13 Å². The average Bonchev–Trinajstić information content (AvgIpc) is 2.47. The molecule has 1 aromatic heterocycles. The first-order valence-electron chi connectivity index (χ1n) is 4.20. The number of carbonyl (C=O) groups excluding carboxylic acids is 1. The Morgan fingerprint density at radius 3 is 2.60 bits per heavy atom. The summed E-state index contributed by atoms with van der Waals surface area (Å²) in [5.74, 6) is -1.36. The summed E-state index contributed by atoms with van der Waals surface area (Å²) in [6.45, 7) is 3.35. The molecule has 1 heterocycles. The SMILES string of the molecule is Cc1csc(C(=O)N[C@@H](C)C(=O)O)c1I. The molecule has 0 aliphatic rings. The van der Waals surface area contributed by atoms with Crippen LogP contribution < -0.4 is 5.32 Å². The van der Waals surface area contributed by atoms with Gasteiger partial charge in [-0.3, -0.25) is 9.59 Å². The number of carbonyl (C=O) groups is 2. The van der Waals surface area contributed by atoms with Crippen molar-refractivity contribution in [2.24, 2.45) is 0 Å². The Bertz CT molecular complexity index is 402. The van der Waals surface area contributed by atoms with E-state index in [1.807, 2.05) is 12.3 Å². The van der Waals surface area contributed by atoms with E-state index in [4.69, 9.17) is 5.11 Å². The van der Waals surface area contributed by atoms with Crippen LogP contribution in [0.5, 0.6) is 0 Å². The molecule has 0 saturated heterocycles. The van der Waals surface area contributed by atoms with E-state index < -0.39 is 12.0 Å². The zero-order valence-corrected chi connectivity index (χ0v) is 11.2. The summed E-state index contributed by atoms with van der Waals surface area (Å²) in [5, 5.41) is 12.9. The molecule has 0 radical (unpaired) electrons. The van der Waals surface area contributed by atoms with Crippen LogP contribution in [0.4, 0.5) is 0 Å². The lowest BCUT2D eigenvalue weighted by molar-refractivity contribution is -0.138. The van der Waals surface area contributed by atoms with Gasteiger partial charge < -0.3 is 10.4 Å². The summed E-state index contributed by atoms with van der Waals surface area (Å²) >= 11 is 3.41. The molecule has 1 amide bonds. The van der Waals surface area contributed by atoms with Gasteiger partial charge in [-0.1, -0.05) is 0 Å². The molecule has 0 aliphatic heterocycles. The minimum absolute atomic E-state index is 0.326. The highest BCUT2D eigenvalue weighted by Gasteiger charge is 2.19. The van der Waals surface area contributed by atoms with E-state index in [2.05, 4.69) is 27.9 Å². The van der Waals surface area contributed by atoms with Crippen LogP contribution >= 0.6 is 33.9 Å². The first-order valence-corrected chi connectivity index (χ1v) is 6.16. The summed E-state index contributed by atoms with van der Waals surface area (Å²) in [5.41, 5.74) is 1.04. The Morgan fingerprint density at radius 2 is 2.20 bits per heavy atom. The number of aryl methyl sites for hydroxylation is 1. The number of rotatable bonds is 3. The highest BCUT2D eigenvalue weighted by Crippen LogP contribution is 2.23. The van der Waals surface area contributed by atoms with Crippen molar-refractivity contribution in [1.82, 2.24) is 5.32 Å². The first kappa shape index (κ1) is 12.4. The van der Waals surface area contributed by atoms with Crippen LogP contribution in [0.1, 0.15) is 22.2 Å². The summed E-state index contributed by atoms with van der Waals surface area (Å²) in [6, 6.07) is -0.865. The number of thiophene rings is 1. The molecule has 0 aliphatic carbocycles. The molecule has 1 aromatic rings. The quantitative estimate of drug-likeness (QED) is 0.827. The van der Waals surface area contributed by atoms with Crippen molar-refractivity contribution < 1.29 is 14.7 Å². The van der Waals surface area contributed by atoms with Crippen LogP contribution in [0.3, 0.4) is 0 Å². The predicted molar refractivity (Wildman–Crippen MR) is 66.3 cm³/mol. The van der Waals surface area contributed by atoms with Crippen LogP contribution in [0, 0.1) is 10.5 Å². The Kier molecular flexibility index (Phi) is 4.09. The maximum absolute atomic E-state index is 11.6. The van der Waals surface area contributed by atoms with Gasteiger partial charge in [-0.25, -0.2) is 0 Å². The van der Waals surface area contributed by atoms with Crippen LogP contribution in [-0.4, -0.2) is 23.0 Å². The van der Waals surface area contributed by atoms with Gasteiger partial charge in [0.15, 0.2) is 0 Å². The fourth-order valence-corrected chi connectivity index (χ4v) is 2.74. The molecule has 15 heavy (non-hydrogen) atoms. The second-order valence-electron chi connectivity index (χ2n) is 3.10. The second kappa shape index (κ2) is 4.93. The van der Waals surface area contributed by atoms with Crippen molar-refractivity contribution in [3.05, 3.63) is 19.4 Å². The lowest BCUT2D eigenvalue weighted by Crippen LogP contribution is -2.38. The molecule has 0 spiro atoms. The minimum Gasteiger partial charge on any atom is -0.480 e. The first-order chi connectivity index (χ1) is 6.93. The minimum atomic E-state index is -1.04. The summed E-state index contributed by atoms with van der Waals surface area (Å²) in [7, 11) is 0. The van der Waals surface area contributed by atoms with E-state index in [-0.39, 0.29) is 5.91 Å². The molecular formula is C9H10INO3S. The second-order valence-corrected chi connectivity index (χ2v) is 5.05. The third-order valence-electron chi connectivity index (χ3n) is 1.82. The molecule has 0 fully saturated rings. The van der Waals surface area contributed by atoms with Crippen molar-refractivity contribution in [1.29, 1.82) is 0 Å². The Balaban J connectivity index is 2.78. The van der Waals surface area contributed by atoms with E-state index >= 15 is 0 Å². The van der Waals surface area contributed by atoms with Crippen LogP contribution in [0.15, 0.2) is 5.38 Å². The van der Waals surface area contributed by atoms with Gasteiger partial charge in [0.2, 0.25) is 0 Å². The lowest BCUT2D eigenvalue weighted by atomic mass is 10.3. The van der Waals surface area contributed by atoms with Gasteiger partial charge in [0.1, 0.15) is 10.9 Å². The maximum Gasteiger partial charge on any atom is 0.325 e. The number of hydrogen-bond acceptors (Lipinski definition) is 3. The highest BCUT2D eigenvalue weighted by atomic mass is 127. The number of amides is 1. The number of hydrogen-bond donors (Lipinski definition) is 2. The number of nitrogens with one attached hydrogen (secondary N) is 1. The van der Waals surface area contributed by atoms with Crippen molar-refractivity contribution >= 4 is 45.8 Å². The van der Waals surface area contributed by atoms with Crippen LogP contribution in [0.25, 0.3) is 0 Å². The van der Waals surface area contributed by atoms with Gasteiger partial charge in [0.05, 0.1) is 0 Å². The number of carboxylic acid groups (broad SMARTS) is 1. The zero-order chi connectivity index (χ0) is 11.6. The smallest absolute Gasteiger partial charge is 0.325 e. The van der Waals surface area contributed by atoms with Crippen molar-refractivity contribution in [2.45, 2.75) is 19.9 Å². The normalized spacial score (nSPS) is 12.2. The van der Waals surface area contributed by atoms with E-state index in [9.17, 15) is 9.59 Å². The molecule has 2 N–H and O–H groups in total. The molecule has 1 rings (SSSR count). The highest BCUT2D eigenvalue weighted by molar-refractivity contribution is 14.1. The van der Waals surface area contributed by atoms with Crippen molar-refractivity contribution in [2.75, 3.05) is 0 Å². The Labute approximate surface area is 105 Å². The average molecular weight is 339 g/mol. The Morgan fingerprint density at radius 1 is 1.60 bits per heavy atom. The van der Waals surface area contributed by atoms with Crippen LogP contribution in [0.2, 0.25) is 0 Å². The standard InChI is InChI=1S/C9H10INO3S/c1-4-3-15-7(6(4)10)8(12)11-5(2)9(13)14/h3,5H,1-2H3,(H,11,12)(H,13,14)/t5-/m0/s1.